The van der Waals surface area contributed by atoms with Gasteiger partial charge in [-0.1, -0.05) is 12.8 Å². The van der Waals surface area contributed by atoms with Gasteiger partial charge in [-0.15, -0.1) is 0 Å². The predicted molar refractivity (Wildman–Crippen MR) is 78.2 cm³/mol. The number of primary amides is 2. The fourth-order valence-corrected chi connectivity index (χ4v) is 2.76. The number of carbonyl (C=O) groups excluding carboxylic acids is 2. The van der Waals surface area contributed by atoms with Gasteiger partial charge in [-0.25, -0.2) is 0 Å². The first-order valence-electron chi connectivity index (χ1n) is 6.73. The zero-order valence-corrected chi connectivity index (χ0v) is 11.3. The van der Waals surface area contributed by atoms with Crippen LogP contribution < -0.4 is 22.1 Å². The number of nitrogens with zero attached hydrogens (tertiary/aromatic N) is 1. The Balaban J connectivity index is 2.32. The quantitative estimate of drug-likeness (QED) is 0.683. The third-order valence-corrected chi connectivity index (χ3v) is 3.71. The Labute approximate surface area is 117 Å². The van der Waals surface area contributed by atoms with Crippen LogP contribution in [0.1, 0.15) is 36.0 Å². The monoisotopic (exact) mass is 276 g/mol. The molecular formula is C14H20N4O2. The zero-order chi connectivity index (χ0) is 14.7. The van der Waals surface area contributed by atoms with E-state index in [-0.39, 0.29) is 12.6 Å². The first-order valence-corrected chi connectivity index (χ1v) is 6.73. The van der Waals surface area contributed by atoms with Crippen LogP contribution in [-0.4, -0.2) is 24.4 Å². The van der Waals surface area contributed by atoms with E-state index in [0.29, 0.717) is 11.3 Å². The van der Waals surface area contributed by atoms with E-state index in [1.807, 2.05) is 4.90 Å². The largest absolute Gasteiger partial charge is 0.397 e. The standard InChI is InChI=1S/C14H20N4O2/c15-11-7-9(14(17)20)5-6-12(11)18(8-13(16)19)10-3-1-2-4-10/h5-7,10H,1-4,8,15H2,(H2,16,19)(H2,17,20). The minimum absolute atomic E-state index is 0.130. The Bertz CT molecular complexity index is 524. The molecule has 0 spiro atoms. The number of rotatable bonds is 5. The van der Waals surface area contributed by atoms with Crippen LogP contribution in [0.15, 0.2) is 18.2 Å². The smallest absolute Gasteiger partial charge is 0.248 e. The third kappa shape index (κ3) is 3.01. The summed E-state index contributed by atoms with van der Waals surface area (Å²) in [6.07, 6.45) is 4.31. The summed E-state index contributed by atoms with van der Waals surface area (Å²) in [6.45, 7) is 0.130. The molecule has 0 radical (unpaired) electrons. The van der Waals surface area contributed by atoms with Crippen molar-refractivity contribution in [2.45, 2.75) is 31.7 Å². The molecule has 0 unspecified atom stereocenters. The maximum Gasteiger partial charge on any atom is 0.248 e. The lowest BCUT2D eigenvalue weighted by molar-refractivity contribution is -0.116. The molecule has 6 nitrogen and oxygen atoms in total. The van der Waals surface area contributed by atoms with Gasteiger partial charge in [0.15, 0.2) is 0 Å². The molecule has 20 heavy (non-hydrogen) atoms. The van der Waals surface area contributed by atoms with Crippen molar-refractivity contribution in [3.8, 4) is 0 Å². The Morgan fingerprint density at radius 2 is 1.85 bits per heavy atom. The molecule has 0 aliphatic heterocycles. The molecule has 0 bridgehead atoms. The Morgan fingerprint density at radius 1 is 1.20 bits per heavy atom. The van der Waals surface area contributed by atoms with Crippen LogP contribution in [0.4, 0.5) is 11.4 Å². The van der Waals surface area contributed by atoms with Crippen molar-refractivity contribution in [1.82, 2.24) is 0 Å². The van der Waals surface area contributed by atoms with Gasteiger partial charge in [0.1, 0.15) is 0 Å². The average Bonchev–Trinajstić information content (AvgIpc) is 2.89. The van der Waals surface area contributed by atoms with E-state index in [4.69, 9.17) is 17.2 Å². The Kier molecular flexibility index (Phi) is 4.12. The number of amides is 2. The van der Waals surface area contributed by atoms with Gasteiger partial charge in [-0.3, -0.25) is 9.59 Å². The van der Waals surface area contributed by atoms with Gasteiger partial charge in [0.2, 0.25) is 11.8 Å². The van der Waals surface area contributed by atoms with E-state index in [1.54, 1.807) is 18.2 Å². The fourth-order valence-electron chi connectivity index (χ4n) is 2.76. The lowest BCUT2D eigenvalue weighted by atomic mass is 10.1. The molecule has 1 fully saturated rings. The maximum absolute atomic E-state index is 11.3. The summed E-state index contributed by atoms with van der Waals surface area (Å²) in [5.74, 6) is -0.916. The van der Waals surface area contributed by atoms with E-state index in [9.17, 15) is 9.59 Å². The van der Waals surface area contributed by atoms with E-state index in [0.717, 1.165) is 31.4 Å². The van der Waals surface area contributed by atoms with Crippen molar-refractivity contribution in [2.75, 3.05) is 17.2 Å². The number of nitrogen functional groups attached to an aromatic ring is 1. The molecular weight excluding hydrogens is 256 g/mol. The number of hydrogen-bond donors (Lipinski definition) is 3. The van der Waals surface area contributed by atoms with Crippen LogP contribution in [0.2, 0.25) is 0 Å². The molecule has 2 amide bonds. The third-order valence-electron chi connectivity index (χ3n) is 3.71. The van der Waals surface area contributed by atoms with Crippen LogP contribution in [0.25, 0.3) is 0 Å². The Hall–Kier alpha value is -2.24. The molecule has 1 saturated carbocycles. The number of carbonyl (C=O) groups is 2. The minimum atomic E-state index is -0.523. The molecule has 2 rings (SSSR count). The molecule has 0 atom stereocenters. The summed E-state index contributed by atoms with van der Waals surface area (Å²) in [5, 5.41) is 0. The second-order valence-electron chi connectivity index (χ2n) is 5.17. The summed E-state index contributed by atoms with van der Waals surface area (Å²) < 4.78 is 0. The SMILES string of the molecule is NC(=O)CN(c1ccc(C(N)=O)cc1N)C1CCCC1. The second kappa shape index (κ2) is 5.81. The molecule has 0 saturated heterocycles. The van der Waals surface area contributed by atoms with Crippen molar-refractivity contribution in [3.63, 3.8) is 0 Å². The van der Waals surface area contributed by atoms with Crippen molar-refractivity contribution < 1.29 is 9.59 Å². The number of hydrogen-bond acceptors (Lipinski definition) is 4. The first kappa shape index (κ1) is 14.2. The van der Waals surface area contributed by atoms with Crippen LogP contribution in [0.3, 0.4) is 0 Å². The van der Waals surface area contributed by atoms with Gasteiger partial charge < -0.3 is 22.1 Å². The topological polar surface area (TPSA) is 115 Å². The number of nitrogens with two attached hydrogens (primary N) is 3. The van der Waals surface area contributed by atoms with Gasteiger partial charge in [0.05, 0.1) is 17.9 Å². The maximum atomic E-state index is 11.3. The normalized spacial score (nSPS) is 15.2. The molecule has 6 heteroatoms. The average molecular weight is 276 g/mol. The summed E-state index contributed by atoms with van der Waals surface area (Å²) >= 11 is 0. The van der Waals surface area contributed by atoms with Crippen molar-refractivity contribution in [3.05, 3.63) is 23.8 Å². The van der Waals surface area contributed by atoms with E-state index >= 15 is 0 Å². The van der Waals surface area contributed by atoms with Gasteiger partial charge >= 0.3 is 0 Å². The predicted octanol–water partition coefficient (Wildman–Crippen LogP) is 0.602. The van der Waals surface area contributed by atoms with E-state index in [1.165, 1.54) is 0 Å². The van der Waals surface area contributed by atoms with Crippen LogP contribution in [0, 0.1) is 0 Å². The summed E-state index contributed by atoms with van der Waals surface area (Å²) in [7, 11) is 0. The summed E-state index contributed by atoms with van der Waals surface area (Å²) in [6, 6.07) is 5.16. The first-order chi connectivity index (χ1) is 9.49. The number of anilines is 2. The highest BCUT2D eigenvalue weighted by atomic mass is 16.1. The lowest BCUT2D eigenvalue weighted by Crippen LogP contribution is -2.40. The Morgan fingerprint density at radius 3 is 2.35 bits per heavy atom. The van der Waals surface area contributed by atoms with Gasteiger partial charge in [0, 0.05) is 11.6 Å². The molecule has 1 aromatic carbocycles. The molecule has 108 valence electrons. The molecule has 1 aliphatic carbocycles. The number of benzene rings is 1. The van der Waals surface area contributed by atoms with E-state index < -0.39 is 11.8 Å². The lowest BCUT2D eigenvalue weighted by Gasteiger charge is -2.31. The van der Waals surface area contributed by atoms with E-state index in [2.05, 4.69) is 0 Å². The molecule has 6 N–H and O–H groups in total. The highest BCUT2D eigenvalue weighted by molar-refractivity contribution is 5.95. The fraction of sp³-hybridized carbons (Fsp3) is 0.429. The van der Waals surface area contributed by atoms with Gasteiger partial charge in [-0.2, -0.15) is 0 Å². The highest BCUT2D eigenvalue weighted by Gasteiger charge is 2.25. The second-order valence-corrected chi connectivity index (χ2v) is 5.17. The van der Waals surface area contributed by atoms with Crippen LogP contribution in [-0.2, 0) is 4.79 Å². The summed E-state index contributed by atoms with van der Waals surface area (Å²) in [4.78, 5) is 24.4. The van der Waals surface area contributed by atoms with Crippen LogP contribution >= 0.6 is 0 Å². The van der Waals surface area contributed by atoms with Crippen molar-refractivity contribution in [2.24, 2.45) is 11.5 Å². The van der Waals surface area contributed by atoms with Gasteiger partial charge in [0.25, 0.3) is 0 Å². The molecule has 0 heterocycles. The minimum Gasteiger partial charge on any atom is -0.397 e. The van der Waals surface area contributed by atoms with Crippen molar-refractivity contribution >= 4 is 23.2 Å². The summed E-state index contributed by atoms with van der Waals surface area (Å²) in [5.41, 5.74) is 18.1. The molecule has 1 aliphatic rings. The molecule has 1 aromatic rings. The van der Waals surface area contributed by atoms with Crippen molar-refractivity contribution in [1.29, 1.82) is 0 Å². The van der Waals surface area contributed by atoms with Gasteiger partial charge in [-0.05, 0) is 31.0 Å². The van der Waals surface area contributed by atoms with Crippen LogP contribution in [0.5, 0.6) is 0 Å². The highest BCUT2D eigenvalue weighted by Crippen LogP contribution is 2.32. The molecule has 0 aromatic heterocycles. The zero-order valence-electron chi connectivity index (χ0n) is 11.3.